The van der Waals surface area contributed by atoms with Gasteiger partial charge < -0.3 is 4.84 Å². The lowest BCUT2D eigenvalue weighted by atomic mass is 10.0. The molecule has 1 heterocycles. The number of halogens is 1. The number of hydrogen-bond acceptors (Lipinski definition) is 4. The van der Waals surface area contributed by atoms with Crippen LogP contribution >= 0.6 is 11.6 Å². The number of carbonyl (C=O) groups excluding carboxylic acids is 1. The Hall–Kier alpha value is -2.98. The molecule has 0 aliphatic heterocycles. The molecule has 0 saturated carbocycles. The molecule has 3 rings (SSSR count). The lowest BCUT2D eigenvalue weighted by Crippen LogP contribution is -2.08. The van der Waals surface area contributed by atoms with Crippen molar-refractivity contribution in [3.05, 3.63) is 101 Å². The first-order valence-electron chi connectivity index (χ1n) is 7.25. The summed E-state index contributed by atoms with van der Waals surface area (Å²) >= 11 is 5.82. The molecule has 0 aliphatic carbocycles. The van der Waals surface area contributed by atoms with Crippen LogP contribution in [0.3, 0.4) is 0 Å². The van der Waals surface area contributed by atoms with Gasteiger partial charge in [-0.1, -0.05) is 47.1 Å². The third kappa shape index (κ3) is 3.86. The number of carbonyl (C=O) groups is 1. The zero-order valence-corrected chi connectivity index (χ0v) is 13.4. The van der Waals surface area contributed by atoms with Gasteiger partial charge in [-0.05, 0) is 36.4 Å². The molecule has 0 unspecified atom stereocenters. The fourth-order valence-corrected chi connectivity index (χ4v) is 2.23. The first kappa shape index (κ1) is 15.9. The largest absolute Gasteiger partial charge is 0.365 e. The van der Waals surface area contributed by atoms with Crippen molar-refractivity contribution < 1.29 is 9.63 Å². The van der Waals surface area contributed by atoms with Crippen molar-refractivity contribution in [3.8, 4) is 0 Å². The number of aromatic nitrogens is 1. The second kappa shape index (κ2) is 7.53. The van der Waals surface area contributed by atoms with Gasteiger partial charge in [0.05, 0.1) is 5.56 Å². The zero-order valence-electron chi connectivity index (χ0n) is 12.6. The van der Waals surface area contributed by atoms with E-state index in [1.165, 1.54) is 0 Å². The highest BCUT2D eigenvalue weighted by molar-refractivity contribution is 6.30. The van der Waals surface area contributed by atoms with Gasteiger partial charge in [-0.3, -0.25) is 4.98 Å². The summed E-state index contributed by atoms with van der Waals surface area (Å²) in [5.41, 5.74) is 2.58. The zero-order chi connectivity index (χ0) is 16.8. The topological polar surface area (TPSA) is 51.5 Å². The van der Waals surface area contributed by atoms with Gasteiger partial charge >= 0.3 is 5.97 Å². The van der Waals surface area contributed by atoms with Crippen molar-refractivity contribution in [2.75, 3.05) is 0 Å². The monoisotopic (exact) mass is 336 g/mol. The Balaban J connectivity index is 1.90. The van der Waals surface area contributed by atoms with E-state index in [9.17, 15) is 4.79 Å². The number of hydrogen-bond donors (Lipinski definition) is 0. The third-order valence-electron chi connectivity index (χ3n) is 3.30. The van der Waals surface area contributed by atoms with Crippen LogP contribution in [-0.4, -0.2) is 16.7 Å². The van der Waals surface area contributed by atoms with E-state index in [-0.39, 0.29) is 0 Å². The molecule has 0 amide bonds. The van der Waals surface area contributed by atoms with Crippen LogP contribution in [0, 0.1) is 0 Å². The van der Waals surface area contributed by atoms with Crippen molar-refractivity contribution in [3.63, 3.8) is 0 Å². The van der Waals surface area contributed by atoms with E-state index >= 15 is 0 Å². The molecule has 5 heteroatoms. The van der Waals surface area contributed by atoms with Gasteiger partial charge in [0.15, 0.2) is 0 Å². The SMILES string of the molecule is O=C(O/N=C(/c1ccccc1)c1ccncc1)c1ccc(Cl)cc1. The molecule has 0 aliphatic rings. The number of oxime groups is 1. The second-order valence-electron chi connectivity index (χ2n) is 4.93. The maximum Gasteiger partial charge on any atom is 0.365 e. The van der Waals surface area contributed by atoms with Gasteiger partial charge in [-0.2, -0.15) is 0 Å². The first-order valence-corrected chi connectivity index (χ1v) is 7.62. The average Bonchev–Trinajstić information content (AvgIpc) is 2.64. The van der Waals surface area contributed by atoms with Crippen LogP contribution in [0.1, 0.15) is 21.5 Å². The number of nitrogens with zero attached hydrogens (tertiary/aromatic N) is 2. The first-order chi connectivity index (χ1) is 11.7. The van der Waals surface area contributed by atoms with Crippen LogP contribution in [0.15, 0.2) is 84.3 Å². The Morgan fingerprint density at radius 1 is 0.833 bits per heavy atom. The van der Waals surface area contributed by atoms with Crippen molar-refractivity contribution in [2.24, 2.45) is 5.16 Å². The fourth-order valence-electron chi connectivity index (χ4n) is 2.10. The highest BCUT2D eigenvalue weighted by atomic mass is 35.5. The highest BCUT2D eigenvalue weighted by Gasteiger charge is 2.11. The Kier molecular flexibility index (Phi) is 4.99. The Labute approximate surface area is 144 Å². The van der Waals surface area contributed by atoms with E-state index in [2.05, 4.69) is 10.1 Å². The molecule has 0 bridgehead atoms. The Morgan fingerprint density at radius 3 is 2.12 bits per heavy atom. The van der Waals surface area contributed by atoms with E-state index in [0.29, 0.717) is 16.3 Å². The van der Waals surface area contributed by atoms with Crippen LogP contribution in [0.2, 0.25) is 5.02 Å². The van der Waals surface area contributed by atoms with Crippen LogP contribution in [0.5, 0.6) is 0 Å². The van der Waals surface area contributed by atoms with Crippen molar-refractivity contribution in [1.82, 2.24) is 4.98 Å². The standard InChI is InChI=1S/C19H13ClN2O2/c20-17-8-6-16(7-9-17)19(23)24-22-18(14-4-2-1-3-5-14)15-10-12-21-13-11-15/h1-13H/b22-18-. The Morgan fingerprint density at radius 2 is 1.46 bits per heavy atom. The molecular weight excluding hydrogens is 324 g/mol. The van der Waals surface area contributed by atoms with Crippen LogP contribution < -0.4 is 0 Å². The molecule has 0 saturated heterocycles. The quantitative estimate of drug-likeness (QED) is 0.404. The second-order valence-corrected chi connectivity index (χ2v) is 5.36. The van der Waals surface area contributed by atoms with Crippen molar-refractivity contribution in [1.29, 1.82) is 0 Å². The molecule has 0 N–H and O–H groups in total. The normalized spacial score (nSPS) is 11.1. The minimum atomic E-state index is -0.547. The van der Waals surface area contributed by atoms with E-state index in [1.54, 1.807) is 36.7 Å². The van der Waals surface area contributed by atoms with E-state index in [1.807, 2.05) is 42.5 Å². The lowest BCUT2D eigenvalue weighted by molar-refractivity contribution is 0.0517. The highest BCUT2D eigenvalue weighted by Crippen LogP contribution is 2.13. The maximum atomic E-state index is 12.1. The molecule has 118 valence electrons. The summed E-state index contributed by atoms with van der Waals surface area (Å²) in [5, 5.41) is 4.62. The molecule has 0 spiro atoms. The minimum absolute atomic E-state index is 0.380. The number of rotatable bonds is 4. The number of pyridine rings is 1. The van der Waals surface area contributed by atoms with Crippen molar-refractivity contribution in [2.45, 2.75) is 0 Å². The summed E-state index contributed by atoms with van der Waals surface area (Å²) in [6.07, 6.45) is 3.32. The van der Waals surface area contributed by atoms with E-state index in [0.717, 1.165) is 11.1 Å². The summed E-state index contributed by atoms with van der Waals surface area (Å²) in [6, 6.07) is 19.6. The molecule has 4 nitrogen and oxygen atoms in total. The molecule has 0 atom stereocenters. The summed E-state index contributed by atoms with van der Waals surface area (Å²) in [6.45, 7) is 0. The van der Waals surface area contributed by atoms with E-state index < -0.39 is 5.97 Å². The van der Waals surface area contributed by atoms with Crippen molar-refractivity contribution >= 4 is 23.3 Å². The molecule has 24 heavy (non-hydrogen) atoms. The molecule has 1 aromatic heterocycles. The molecular formula is C19H13ClN2O2. The average molecular weight is 337 g/mol. The predicted octanol–water partition coefficient (Wildman–Crippen LogP) is 4.34. The van der Waals surface area contributed by atoms with Gasteiger partial charge in [0, 0.05) is 28.5 Å². The lowest BCUT2D eigenvalue weighted by Gasteiger charge is -2.06. The summed E-state index contributed by atoms with van der Waals surface area (Å²) in [4.78, 5) is 21.3. The van der Waals surface area contributed by atoms with Gasteiger partial charge in [0.25, 0.3) is 0 Å². The summed E-state index contributed by atoms with van der Waals surface area (Å²) in [5.74, 6) is -0.547. The molecule has 2 aromatic carbocycles. The molecule has 3 aromatic rings. The third-order valence-corrected chi connectivity index (χ3v) is 3.55. The molecule has 0 radical (unpaired) electrons. The van der Waals surface area contributed by atoms with Crippen LogP contribution in [0.4, 0.5) is 0 Å². The predicted molar refractivity (Wildman–Crippen MR) is 93.2 cm³/mol. The number of benzene rings is 2. The minimum Gasteiger partial charge on any atom is -0.312 e. The van der Waals surface area contributed by atoms with Crippen LogP contribution in [-0.2, 0) is 4.84 Å². The van der Waals surface area contributed by atoms with E-state index in [4.69, 9.17) is 16.4 Å². The van der Waals surface area contributed by atoms with Gasteiger partial charge in [0.1, 0.15) is 5.71 Å². The summed E-state index contributed by atoms with van der Waals surface area (Å²) < 4.78 is 0. The van der Waals surface area contributed by atoms with Crippen LogP contribution in [0.25, 0.3) is 0 Å². The maximum absolute atomic E-state index is 12.1. The summed E-state index contributed by atoms with van der Waals surface area (Å²) in [7, 11) is 0. The van der Waals surface area contributed by atoms with Gasteiger partial charge in [-0.15, -0.1) is 0 Å². The van der Waals surface area contributed by atoms with Gasteiger partial charge in [-0.25, -0.2) is 4.79 Å². The smallest absolute Gasteiger partial charge is 0.312 e. The molecule has 0 fully saturated rings. The Bertz CT molecular complexity index is 806. The fraction of sp³-hybridized carbons (Fsp3) is 0. The van der Waals surface area contributed by atoms with Gasteiger partial charge in [0.2, 0.25) is 0 Å².